The number of hydrogen-bond acceptors (Lipinski definition) is 7. The minimum absolute atomic E-state index is 0.274. The topological polar surface area (TPSA) is 135 Å². The fraction of sp³-hybridized carbons (Fsp3) is 0.154. The first-order chi connectivity index (χ1) is 18.3. The molecule has 1 saturated carbocycles. The van der Waals surface area contributed by atoms with Crippen molar-refractivity contribution in [2.75, 3.05) is 5.32 Å². The van der Waals surface area contributed by atoms with Crippen molar-refractivity contribution in [3.05, 3.63) is 95.7 Å². The number of anilines is 1. The summed E-state index contributed by atoms with van der Waals surface area (Å²) in [6, 6.07) is 16.6. The molecular weight excluding hydrogens is 509 g/mol. The molecule has 5 aromatic rings. The highest BCUT2D eigenvalue weighted by Crippen LogP contribution is 2.41. The number of rotatable bonds is 5. The molecule has 3 aromatic heterocycles. The smallest absolute Gasteiger partial charge is 0.306 e. The summed E-state index contributed by atoms with van der Waals surface area (Å²) in [5.41, 5.74) is 4.64. The van der Waals surface area contributed by atoms with Crippen LogP contribution < -0.4 is 5.32 Å². The Morgan fingerprint density at radius 3 is 2.55 bits per heavy atom. The average Bonchev–Trinajstić information content (AvgIpc) is 3.52. The van der Waals surface area contributed by atoms with Crippen molar-refractivity contribution in [3.63, 3.8) is 0 Å². The summed E-state index contributed by atoms with van der Waals surface area (Å²) < 4.78 is 41.0. The van der Waals surface area contributed by atoms with Crippen LogP contribution >= 0.6 is 0 Å². The van der Waals surface area contributed by atoms with Gasteiger partial charge in [-0.15, -0.1) is 0 Å². The van der Waals surface area contributed by atoms with E-state index in [0.29, 0.717) is 28.6 Å². The zero-order valence-corrected chi connectivity index (χ0v) is 21.0. The number of carbonyl (C=O) groups excluding carboxylic acids is 1. The van der Waals surface area contributed by atoms with Crippen molar-refractivity contribution < 1.29 is 17.6 Å². The third-order valence-electron chi connectivity index (χ3n) is 6.07. The van der Waals surface area contributed by atoms with Gasteiger partial charge in [0.05, 0.1) is 11.9 Å². The van der Waals surface area contributed by atoms with Crippen LogP contribution in [0.4, 0.5) is 10.2 Å². The van der Waals surface area contributed by atoms with E-state index in [2.05, 4.69) is 20.5 Å². The van der Waals surface area contributed by atoms with Crippen LogP contribution in [-0.4, -0.2) is 38.7 Å². The van der Waals surface area contributed by atoms with Gasteiger partial charge in [0.25, 0.3) is 5.91 Å². The van der Waals surface area contributed by atoms with Crippen LogP contribution in [0.15, 0.2) is 73.2 Å². The number of amides is 1. The molecular formula is C26H22FN7O3S. The van der Waals surface area contributed by atoms with E-state index in [1.165, 1.54) is 15.4 Å². The predicted octanol–water partition coefficient (Wildman–Crippen LogP) is 4.79. The Balaban J connectivity index is 0.000000689. The summed E-state index contributed by atoms with van der Waals surface area (Å²) in [7, 11) is -2.61. The second kappa shape index (κ2) is 10.3. The first kappa shape index (κ1) is 25.0. The quantitative estimate of drug-likeness (QED) is 0.335. The summed E-state index contributed by atoms with van der Waals surface area (Å²) in [6.45, 7) is 2.01. The zero-order valence-electron chi connectivity index (χ0n) is 20.2. The fourth-order valence-electron chi connectivity index (χ4n) is 4.06. The lowest BCUT2D eigenvalue weighted by atomic mass is 10.1. The Hall–Kier alpha value is -4.71. The van der Waals surface area contributed by atoms with Crippen molar-refractivity contribution >= 4 is 27.9 Å². The summed E-state index contributed by atoms with van der Waals surface area (Å²) in [6.07, 6.45) is 6.96. The Morgan fingerprint density at radius 1 is 1.13 bits per heavy atom. The summed E-state index contributed by atoms with van der Waals surface area (Å²) in [5, 5.41) is 11.7. The van der Waals surface area contributed by atoms with Crippen molar-refractivity contribution in [1.29, 1.82) is 4.78 Å². The number of fused-ring (bicyclic) bond motifs is 1. The van der Waals surface area contributed by atoms with Crippen molar-refractivity contribution in [3.8, 4) is 16.9 Å². The minimum Gasteiger partial charge on any atom is -0.306 e. The van der Waals surface area contributed by atoms with E-state index in [4.69, 9.17) is 13.2 Å². The highest BCUT2D eigenvalue weighted by molar-refractivity contribution is 7.60. The minimum atomic E-state index is -2.61. The zero-order chi connectivity index (χ0) is 26.8. The molecule has 192 valence electrons. The van der Waals surface area contributed by atoms with Gasteiger partial charge >= 0.3 is 10.5 Å². The molecule has 6 rings (SSSR count). The first-order valence-electron chi connectivity index (χ1n) is 11.7. The molecule has 0 saturated heterocycles. The molecule has 0 aliphatic heterocycles. The van der Waals surface area contributed by atoms with Gasteiger partial charge in [-0.3, -0.25) is 4.79 Å². The van der Waals surface area contributed by atoms with Gasteiger partial charge in [-0.1, -0.05) is 35.9 Å². The van der Waals surface area contributed by atoms with Gasteiger partial charge in [0.1, 0.15) is 22.9 Å². The van der Waals surface area contributed by atoms with Crippen molar-refractivity contribution in [2.24, 2.45) is 0 Å². The molecule has 2 N–H and O–H groups in total. The van der Waals surface area contributed by atoms with Gasteiger partial charge < -0.3 is 5.32 Å². The fourth-order valence-corrected chi connectivity index (χ4v) is 4.06. The molecule has 0 atom stereocenters. The Morgan fingerprint density at radius 2 is 1.87 bits per heavy atom. The molecule has 0 bridgehead atoms. The molecule has 1 aliphatic carbocycles. The van der Waals surface area contributed by atoms with Crippen LogP contribution in [0.5, 0.6) is 0 Å². The van der Waals surface area contributed by atoms with Gasteiger partial charge in [-0.25, -0.2) is 18.6 Å². The highest BCUT2D eigenvalue weighted by Gasteiger charge is 2.25. The Bertz CT molecular complexity index is 1750. The maximum Gasteiger partial charge on any atom is 0.308 e. The van der Waals surface area contributed by atoms with Crippen LogP contribution in [0, 0.1) is 17.5 Å². The van der Waals surface area contributed by atoms with E-state index in [1.807, 2.05) is 37.3 Å². The number of nitrogens with one attached hydrogen (secondary N) is 2. The highest BCUT2D eigenvalue weighted by atomic mass is 32.2. The summed E-state index contributed by atoms with van der Waals surface area (Å²) >= 11 is 0. The number of nitrogens with zero attached hydrogens (tertiary/aromatic N) is 5. The maximum absolute atomic E-state index is 15.2. The average molecular weight is 532 g/mol. The molecule has 12 heteroatoms. The number of aryl methyl sites for hydroxylation is 1. The molecule has 10 nitrogen and oxygen atoms in total. The van der Waals surface area contributed by atoms with Gasteiger partial charge in [0.2, 0.25) is 0 Å². The van der Waals surface area contributed by atoms with E-state index >= 15 is 4.39 Å². The Kier molecular flexibility index (Phi) is 6.79. The van der Waals surface area contributed by atoms with Gasteiger partial charge in [0, 0.05) is 24.0 Å². The third-order valence-corrected chi connectivity index (χ3v) is 6.07. The number of carbonyl (C=O) groups is 1. The molecule has 0 radical (unpaired) electrons. The van der Waals surface area contributed by atoms with Crippen LogP contribution in [0.3, 0.4) is 0 Å². The van der Waals surface area contributed by atoms with Gasteiger partial charge in [0.15, 0.2) is 5.65 Å². The Labute approximate surface area is 218 Å². The van der Waals surface area contributed by atoms with Crippen LogP contribution in [0.1, 0.15) is 40.2 Å². The van der Waals surface area contributed by atoms with E-state index in [1.54, 1.807) is 36.7 Å². The molecule has 1 fully saturated rings. The van der Waals surface area contributed by atoms with Crippen LogP contribution in [-0.2, 0) is 10.5 Å². The number of aromatic nitrogens is 5. The monoisotopic (exact) mass is 531 g/mol. The number of halogens is 1. The lowest BCUT2D eigenvalue weighted by Crippen LogP contribution is -2.15. The van der Waals surface area contributed by atoms with E-state index < -0.39 is 16.4 Å². The first-order valence-corrected chi connectivity index (χ1v) is 12.7. The van der Waals surface area contributed by atoms with Crippen LogP contribution in [0.25, 0.3) is 22.6 Å². The van der Waals surface area contributed by atoms with Gasteiger partial charge in [-0.05, 0) is 49.4 Å². The lowest BCUT2D eigenvalue weighted by molar-refractivity contribution is 0.102. The normalized spacial score (nSPS) is 12.6. The van der Waals surface area contributed by atoms with Crippen molar-refractivity contribution in [2.45, 2.75) is 25.7 Å². The van der Waals surface area contributed by atoms with Crippen LogP contribution in [0.2, 0.25) is 0 Å². The standard InChI is InChI=1S/C26H21FN6O.HNO2S/c1-16-3-5-18(6-4-16)22-14-24(30-26(34)20-15-29-32-12-2-11-28-25(20)32)33(31-22)23-10-9-19(13-21(23)27)17-7-8-17;1-4(2)3/h2-6,9-15,17H,7-8H2,1H3,(H,30,34);1H. The molecule has 0 spiro atoms. The third kappa shape index (κ3) is 5.34. The summed E-state index contributed by atoms with van der Waals surface area (Å²) in [5.74, 6) is 0.0110. The molecule has 0 unspecified atom stereocenters. The van der Waals surface area contributed by atoms with Crippen molar-refractivity contribution in [1.82, 2.24) is 24.4 Å². The number of hydrogen-bond donors (Lipinski definition) is 2. The second-order valence-electron chi connectivity index (χ2n) is 8.81. The second-order valence-corrected chi connectivity index (χ2v) is 9.28. The molecule has 1 amide bonds. The summed E-state index contributed by atoms with van der Waals surface area (Å²) in [4.78, 5) is 17.4. The largest absolute Gasteiger partial charge is 0.308 e. The molecule has 2 aromatic carbocycles. The SMILES string of the molecule is Cc1ccc(-c2cc(NC(=O)c3cnn4cccnc34)n(-c3ccc(C4CC4)cc3F)n2)cc1.N=S(=O)=O. The molecule has 3 heterocycles. The van der Waals surface area contributed by atoms with E-state index in [0.717, 1.165) is 29.5 Å². The van der Waals surface area contributed by atoms with Gasteiger partial charge in [-0.2, -0.15) is 23.4 Å². The van der Waals surface area contributed by atoms with E-state index in [9.17, 15) is 4.79 Å². The molecule has 1 aliphatic rings. The maximum atomic E-state index is 15.2. The lowest BCUT2D eigenvalue weighted by Gasteiger charge is -2.10. The van der Waals surface area contributed by atoms with E-state index in [-0.39, 0.29) is 11.5 Å². The molecule has 38 heavy (non-hydrogen) atoms. The predicted molar refractivity (Wildman–Crippen MR) is 138 cm³/mol. The number of benzene rings is 2.